The van der Waals surface area contributed by atoms with Crippen LogP contribution in [-0.4, -0.2) is 21.8 Å². The van der Waals surface area contributed by atoms with E-state index < -0.39 is 0 Å². The number of hydrogen-bond acceptors (Lipinski definition) is 5. The number of aryl methyl sites for hydroxylation is 1. The van der Waals surface area contributed by atoms with Gasteiger partial charge in [0.2, 0.25) is 11.9 Å². The van der Waals surface area contributed by atoms with Crippen LogP contribution in [0.2, 0.25) is 0 Å². The number of nitrogens with zero attached hydrogens (tertiary/aromatic N) is 2. The first-order valence-electron chi connectivity index (χ1n) is 8.35. The molecule has 1 heterocycles. The predicted molar refractivity (Wildman–Crippen MR) is 105 cm³/mol. The number of carbonyl (C=O) groups is 2. The Kier molecular flexibility index (Phi) is 5.41. The van der Waals surface area contributed by atoms with Crippen molar-refractivity contribution in [3.63, 3.8) is 0 Å². The average molecular weight is 361 g/mol. The molecule has 3 aromatic rings. The Morgan fingerprint density at radius 2 is 1.67 bits per heavy atom. The molecular formula is C20H19N5O2. The third kappa shape index (κ3) is 4.88. The number of amides is 2. The third-order valence-corrected chi connectivity index (χ3v) is 3.75. The van der Waals surface area contributed by atoms with Crippen LogP contribution >= 0.6 is 0 Å². The van der Waals surface area contributed by atoms with Crippen LogP contribution in [-0.2, 0) is 4.79 Å². The minimum atomic E-state index is -0.254. The first-order chi connectivity index (χ1) is 13.0. The molecule has 7 nitrogen and oxygen atoms in total. The number of carbonyl (C=O) groups excluding carboxylic acids is 2. The van der Waals surface area contributed by atoms with Gasteiger partial charge in [-0.1, -0.05) is 12.1 Å². The summed E-state index contributed by atoms with van der Waals surface area (Å²) >= 11 is 0. The molecule has 136 valence electrons. The lowest BCUT2D eigenvalue weighted by Crippen LogP contribution is -2.14. The molecule has 3 rings (SSSR count). The molecule has 7 heteroatoms. The molecule has 2 aromatic carbocycles. The number of aromatic nitrogens is 2. The molecule has 27 heavy (non-hydrogen) atoms. The summed E-state index contributed by atoms with van der Waals surface area (Å²) < 4.78 is 0. The zero-order valence-corrected chi connectivity index (χ0v) is 15.0. The van der Waals surface area contributed by atoms with Crippen LogP contribution in [0.1, 0.15) is 22.8 Å². The molecule has 0 spiro atoms. The van der Waals surface area contributed by atoms with Crippen molar-refractivity contribution in [2.24, 2.45) is 0 Å². The summed E-state index contributed by atoms with van der Waals surface area (Å²) in [5.41, 5.74) is 3.35. The standard InChI is InChI=1S/C20H19N5O2/c1-13-7-8-17(23-14(2)26)12-18(13)25-19(27)15-5-3-6-16(11-15)24-20-21-9-4-10-22-20/h3-12H,1-2H3,(H,23,26)(H,25,27)(H,21,22,24). The van der Waals surface area contributed by atoms with Crippen LogP contribution in [0.25, 0.3) is 0 Å². The van der Waals surface area contributed by atoms with E-state index in [4.69, 9.17) is 0 Å². The van der Waals surface area contributed by atoms with E-state index >= 15 is 0 Å². The van der Waals surface area contributed by atoms with Gasteiger partial charge in [0.25, 0.3) is 5.91 Å². The quantitative estimate of drug-likeness (QED) is 0.643. The van der Waals surface area contributed by atoms with Gasteiger partial charge in [0, 0.05) is 41.9 Å². The summed E-state index contributed by atoms with van der Waals surface area (Å²) in [5.74, 6) is 0.0302. The maximum atomic E-state index is 12.6. The Labute approximate surface area is 156 Å². The lowest BCUT2D eigenvalue weighted by molar-refractivity contribution is -0.114. The molecule has 0 aliphatic heterocycles. The highest BCUT2D eigenvalue weighted by Gasteiger charge is 2.10. The van der Waals surface area contributed by atoms with Crippen LogP contribution in [0.5, 0.6) is 0 Å². The van der Waals surface area contributed by atoms with Crippen LogP contribution in [0.4, 0.5) is 23.0 Å². The predicted octanol–water partition coefficient (Wildman–Crippen LogP) is 3.74. The Morgan fingerprint density at radius 1 is 0.889 bits per heavy atom. The van der Waals surface area contributed by atoms with Crippen molar-refractivity contribution in [1.82, 2.24) is 9.97 Å². The van der Waals surface area contributed by atoms with Gasteiger partial charge in [-0.15, -0.1) is 0 Å². The first-order valence-corrected chi connectivity index (χ1v) is 8.35. The van der Waals surface area contributed by atoms with Gasteiger partial charge in [-0.2, -0.15) is 0 Å². The fraction of sp³-hybridized carbons (Fsp3) is 0.100. The molecule has 0 bridgehead atoms. The summed E-state index contributed by atoms with van der Waals surface area (Å²) in [6.45, 7) is 3.32. The van der Waals surface area contributed by atoms with Crippen molar-refractivity contribution in [3.8, 4) is 0 Å². The fourth-order valence-corrected chi connectivity index (χ4v) is 2.46. The van der Waals surface area contributed by atoms with Crippen LogP contribution < -0.4 is 16.0 Å². The topological polar surface area (TPSA) is 96.0 Å². The fourth-order valence-electron chi connectivity index (χ4n) is 2.46. The van der Waals surface area contributed by atoms with Crippen molar-refractivity contribution in [2.45, 2.75) is 13.8 Å². The zero-order chi connectivity index (χ0) is 19.2. The van der Waals surface area contributed by atoms with Crippen LogP contribution in [0, 0.1) is 6.92 Å². The summed E-state index contributed by atoms with van der Waals surface area (Å²) in [7, 11) is 0. The van der Waals surface area contributed by atoms with Crippen molar-refractivity contribution in [3.05, 3.63) is 72.1 Å². The lowest BCUT2D eigenvalue weighted by Gasteiger charge is -2.12. The highest BCUT2D eigenvalue weighted by atomic mass is 16.2. The SMILES string of the molecule is CC(=O)Nc1ccc(C)c(NC(=O)c2cccc(Nc3ncccn3)c2)c1. The maximum Gasteiger partial charge on any atom is 0.255 e. The number of hydrogen-bond donors (Lipinski definition) is 3. The van der Waals surface area contributed by atoms with Gasteiger partial charge in [-0.25, -0.2) is 9.97 Å². The van der Waals surface area contributed by atoms with E-state index in [-0.39, 0.29) is 11.8 Å². The van der Waals surface area contributed by atoms with E-state index in [1.165, 1.54) is 6.92 Å². The van der Waals surface area contributed by atoms with E-state index in [1.54, 1.807) is 48.8 Å². The molecule has 1 aromatic heterocycles. The number of rotatable bonds is 5. The summed E-state index contributed by atoms with van der Waals surface area (Å²) in [6, 6.07) is 14.1. The van der Waals surface area contributed by atoms with Crippen molar-refractivity contribution in [2.75, 3.05) is 16.0 Å². The van der Waals surface area contributed by atoms with E-state index in [0.29, 0.717) is 28.6 Å². The van der Waals surface area contributed by atoms with Gasteiger partial charge in [0.15, 0.2) is 0 Å². The monoisotopic (exact) mass is 361 g/mol. The Balaban J connectivity index is 1.76. The van der Waals surface area contributed by atoms with E-state index in [0.717, 1.165) is 5.56 Å². The lowest BCUT2D eigenvalue weighted by atomic mass is 10.1. The zero-order valence-electron chi connectivity index (χ0n) is 15.0. The molecular weight excluding hydrogens is 342 g/mol. The molecule has 0 fully saturated rings. The number of nitrogens with one attached hydrogen (secondary N) is 3. The Hall–Kier alpha value is -3.74. The highest BCUT2D eigenvalue weighted by molar-refractivity contribution is 6.05. The average Bonchev–Trinajstić information content (AvgIpc) is 2.65. The molecule has 0 saturated heterocycles. The van der Waals surface area contributed by atoms with Crippen LogP contribution in [0.15, 0.2) is 60.9 Å². The molecule has 2 amide bonds. The highest BCUT2D eigenvalue weighted by Crippen LogP contribution is 2.22. The second-order valence-corrected chi connectivity index (χ2v) is 5.94. The minimum absolute atomic E-state index is 0.168. The summed E-state index contributed by atoms with van der Waals surface area (Å²) in [5, 5.41) is 8.65. The van der Waals surface area contributed by atoms with Crippen molar-refractivity contribution >= 4 is 34.8 Å². The Bertz CT molecular complexity index is 973. The maximum absolute atomic E-state index is 12.6. The summed E-state index contributed by atoms with van der Waals surface area (Å²) in [4.78, 5) is 32.1. The molecule has 0 radical (unpaired) electrons. The van der Waals surface area contributed by atoms with E-state index in [2.05, 4.69) is 25.9 Å². The van der Waals surface area contributed by atoms with Gasteiger partial charge in [0.05, 0.1) is 0 Å². The molecule has 0 saturated carbocycles. The largest absolute Gasteiger partial charge is 0.326 e. The van der Waals surface area contributed by atoms with E-state index in [9.17, 15) is 9.59 Å². The van der Waals surface area contributed by atoms with Gasteiger partial charge >= 0.3 is 0 Å². The number of benzene rings is 2. The number of anilines is 4. The second kappa shape index (κ2) is 8.09. The Morgan fingerprint density at radius 3 is 2.41 bits per heavy atom. The minimum Gasteiger partial charge on any atom is -0.326 e. The van der Waals surface area contributed by atoms with Crippen LogP contribution in [0.3, 0.4) is 0 Å². The van der Waals surface area contributed by atoms with Gasteiger partial charge in [-0.3, -0.25) is 9.59 Å². The summed E-state index contributed by atoms with van der Waals surface area (Å²) in [6.07, 6.45) is 3.27. The van der Waals surface area contributed by atoms with Gasteiger partial charge in [0.1, 0.15) is 0 Å². The molecule has 0 aliphatic carbocycles. The molecule has 3 N–H and O–H groups in total. The normalized spacial score (nSPS) is 10.1. The van der Waals surface area contributed by atoms with Gasteiger partial charge in [-0.05, 0) is 48.9 Å². The first kappa shape index (κ1) is 18.1. The smallest absolute Gasteiger partial charge is 0.255 e. The van der Waals surface area contributed by atoms with Crippen molar-refractivity contribution in [1.29, 1.82) is 0 Å². The van der Waals surface area contributed by atoms with E-state index in [1.807, 2.05) is 19.1 Å². The second-order valence-electron chi connectivity index (χ2n) is 5.94. The third-order valence-electron chi connectivity index (χ3n) is 3.75. The molecule has 0 unspecified atom stereocenters. The van der Waals surface area contributed by atoms with Crippen molar-refractivity contribution < 1.29 is 9.59 Å². The molecule has 0 atom stereocenters. The molecule has 0 aliphatic rings. The van der Waals surface area contributed by atoms with Gasteiger partial charge < -0.3 is 16.0 Å².